The summed E-state index contributed by atoms with van der Waals surface area (Å²) in [5.41, 5.74) is 1.79. The fraction of sp³-hybridized carbons (Fsp3) is 0.733. The van der Waals surface area contributed by atoms with Gasteiger partial charge in [0.15, 0.2) is 0 Å². The van der Waals surface area contributed by atoms with E-state index in [2.05, 4.69) is 38.2 Å². The molecule has 0 amide bonds. The lowest BCUT2D eigenvalue weighted by molar-refractivity contribution is -0.0657. The molecule has 0 aromatic heterocycles. The van der Waals surface area contributed by atoms with Crippen molar-refractivity contribution in [3.05, 3.63) is 23.3 Å². The van der Waals surface area contributed by atoms with Gasteiger partial charge in [0.1, 0.15) is 0 Å². The molecule has 1 fully saturated rings. The maximum absolute atomic E-state index is 11.0. The van der Waals surface area contributed by atoms with E-state index in [-0.39, 0.29) is 11.5 Å². The minimum Gasteiger partial charge on any atom is -0.388 e. The van der Waals surface area contributed by atoms with Crippen LogP contribution in [0.4, 0.5) is 0 Å². The van der Waals surface area contributed by atoms with E-state index in [9.17, 15) is 5.11 Å². The van der Waals surface area contributed by atoms with Gasteiger partial charge in [0.2, 0.25) is 0 Å². The van der Waals surface area contributed by atoms with Gasteiger partial charge in [0.05, 0.1) is 5.60 Å². The molecule has 0 aromatic carbocycles. The lowest BCUT2D eigenvalue weighted by Crippen LogP contribution is -2.57. The molecule has 0 aromatic rings. The van der Waals surface area contributed by atoms with Crippen LogP contribution in [0.2, 0.25) is 0 Å². The summed E-state index contributed by atoms with van der Waals surface area (Å²) in [6, 6.07) is 0.225. The van der Waals surface area contributed by atoms with Crippen molar-refractivity contribution >= 4 is 0 Å². The van der Waals surface area contributed by atoms with E-state index in [0.717, 1.165) is 19.4 Å². The monoisotopic (exact) mass is 235 g/mol. The molecule has 0 bridgehead atoms. The van der Waals surface area contributed by atoms with Crippen LogP contribution in [0, 0.1) is 5.41 Å². The Morgan fingerprint density at radius 3 is 2.71 bits per heavy atom. The van der Waals surface area contributed by atoms with Crippen molar-refractivity contribution in [1.29, 1.82) is 0 Å². The van der Waals surface area contributed by atoms with Crippen molar-refractivity contribution in [2.45, 2.75) is 58.6 Å². The summed E-state index contributed by atoms with van der Waals surface area (Å²) < 4.78 is 0. The highest BCUT2D eigenvalue weighted by atomic mass is 16.3. The number of rotatable bonds is 2. The Morgan fingerprint density at radius 1 is 1.47 bits per heavy atom. The lowest BCUT2D eigenvalue weighted by atomic mass is 9.62. The topological polar surface area (TPSA) is 32.3 Å². The van der Waals surface area contributed by atoms with Gasteiger partial charge in [-0.15, -0.1) is 0 Å². The van der Waals surface area contributed by atoms with Crippen LogP contribution in [-0.4, -0.2) is 23.3 Å². The smallest absolute Gasteiger partial charge is 0.0865 e. The number of allylic oxidation sites excluding steroid dienone is 3. The summed E-state index contributed by atoms with van der Waals surface area (Å²) in [5.74, 6) is 0. The molecule has 1 aliphatic heterocycles. The van der Waals surface area contributed by atoms with Crippen molar-refractivity contribution in [3.63, 3.8) is 0 Å². The number of hydrogen-bond acceptors (Lipinski definition) is 2. The van der Waals surface area contributed by atoms with Crippen molar-refractivity contribution in [2.75, 3.05) is 6.54 Å². The summed E-state index contributed by atoms with van der Waals surface area (Å²) >= 11 is 0. The maximum atomic E-state index is 11.0. The van der Waals surface area contributed by atoms with Crippen molar-refractivity contribution in [1.82, 2.24) is 5.32 Å². The Balaban J connectivity index is 2.29. The summed E-state index contributed by atoms with van der Waals surface area (Å²) in [6.45, 7) is 9.52. The normalized spacial score (nSPS) is 37.4. The molecule has 0 spiro atoms. The number of hydrogen-bond donors (Lipinski definition) is 2. The fourth-order valence-electron chi connectivity index (χ4n) is 3.24. The average molecular weight is 235 g/mol. The van der Waals surface area contributed by atoms with E-state index in [1.807, 2.05) is 6.92 Å². The Kier molecular flexibility index (Phi) is 3.21. The van der Waals surface area contributed by atoms with Crippen LogP contribution in [0.1, 0.15) is 47.0 Å². The molecule has 1 heterocycles. The highest BCUT2D eigenvalue weighted by Crippen LogP contribution is 2.47. The first kappa shape index (κ1) is 12.8. The minimum atomic E-state index is -0.679. The van der Waals surface area contributed by atoms with Crippen LogP contribution in [0.3, 0.4) is 0 Å². The zero-order valence-electron chi connectivity index (χ0n) is 11.5. The number of aliphatic hydroxyl groups is 1. The molecular formula is C15H25NO. The number of nitrogens with one attached hydrogen (secondary N) is 1. The van der Waals surface area contributed by atoms with Crippen molar-refractivity contribution in [3.8, 4) is 0 Å². The fourth-order valence-corrected chi connectivity index (χ4v) is 3.24. The van der Waals surface area contributed by atoms with Gasteiger partial charge in [0, 0.05) is 11.5 Å². The first-order valence-corrected chi connectivity index (χ1v) is 6.69. The Bertz CT molecular complexity index is 361. The lowest BCUT2D eigenvalue weighted by Gasteiger charge is -2.48. The second kappa shape index (κ2) is 4.25. The summed E-state index contributed by atoms with van der Waals surface area (Å²) in [5, 5.41) is 14.5. The summed E-state index contributed by atoms with van der Waals surface area (Å²) in [6.07, 6.45) is 7.66. The van der Waals surface area contributed by atoms with Crippen molar-refractivity contribution < 1.29 is 5.11 Å². The molecular weight excluding hydrogens is 210 g/mol. The molecule has 17 heavy (non-hydrogen) atoms. The quantitative estimate of drug-likeness (QED) is 0.771. The molecule has 2 nitrogen and oxygen atoms in total. The van der Waals surface area contributed by atoms with Gasteiger partial charge in [-0.25, -0.2) is 0 Å². The second-order valence-electron chi connectivity index (χ2n) is 6.11. The molecule has 0 saturated carbocycles. The van der Waals surface area contributed by atoms with Gasteiger partial charge in [-0.2, -0.15) is 0 Å². The highest BCUT2D eigenvalue weighted by molar-refractivity contribution is 5.34. The maximum Gasteiger partial charge on any atom is 0.0865 e. The highest BCUT2D eigenvalue weighted by Gasteiger charge is 2.50. The van der Waals surface area contributed by atoms with E-state index < -0.39 is 5.60 Å². The van der Waals surface area contributed by atoms with Crippen LogP contribution in [0.5, 0.6) is 0 Å². The van der Waals surface area contributed by atoms with Crippen LogP contribution < -0.4 is 5.32 Å². The van der Waals surface area contributed by atoms with E-state index in [1.54, 1.807) is 0 Å². The molecule has 2 aliphatic rings. The molecule has 2 N–H and O–H groups in total. The first-order valence-electron chi connectivity index (χ1n) is 6.69. The van der Waals surface area contributed by atoms with Crippen molar-refractivity contribution in [2.24, 2.45) is 5.41 Å². The SMILES string of the molecule is CC1=CCC(C)([C@@](C)(O)[C@@H]2CCCN2)C(C)=C1. The van der Waals surface area contributed by atoms with Gasteiger partial charge in [-0.3, -0.25) is 0 Å². The molecule has 3 atom stereocenters. The third-order valence-corrected chi connectivity index (χ3v) is 5.00. The van der Waals surface area contributed by atoms with Gasteiger partial charge < -0.3 is 10.4 Å². The predicted octanol–water partition coefficient (Wildman–Crippen LogP) is 2.79. The van der Waals surface area contributed by atoms with Gasteiger partial charge >= 0.3 is 0 Å². The zero-order valence-corrected chi connectivity index (χ0v) is 11.5. The minimum absolute atomic E-state index is 0.144. The molecule has 2 rings (SSSR count). The standard InChI is InChI=1S/C15H25NO/c1-11-7-8-14(3,12(2)10-11)15(4,17)13-6-5-9-16-13/h7,10,13,16-17H,5-6,8-9H2,1-4H3/t13-,14?,15-/m0/s1. The third-order valence-electron chi connectivity index (χ3n) is 5.00. The largest absolute Gasteiger partial charge is 0.388 e. The molecule has 96 valence electrons. The van der Waals surface area contributed by atoms with E-state index >= 15 is 0 Å². The Labute approximate surface area is 105 Å². The summed E-state index contributed by atoms with van der Waals surface area (Å²) in [7, 11) is 0. The molecule has 1 saturated heterocycles. The third kappa shape index (κ3) is 1.98. The van der Waals surface area contributed by atoms with E-state index in [4.69, 9.17) is 0 Å². The second-order valence-corrected chi connectivity index (χ2v) is 6.11. The van der Waals surface area contributed by atoms with Crippen LogP contribution in [0.25, 0.3) is 0 Å². The van der Waals surface area contributed by atoms with Gasteiger partial charge in [-0.1, -0.05) is 30.2 Å². The van der Waals surface area contributed by atoms with E-state index in [1.165, 1.54) is 17.6 Å². The van der Waals surface area contributed by atoms with Gasteiger partial charge in [-0.05, 0) is 46.6 Å². The van der Waals surface area contributed by atoms with Crippen LogP contribution in [0.15, 0.2) is 23.3 Å². The molecule has 0 radical (unpaired) electrons. The molecule has 1 aliphatic carbocycles. The molecule has 2 heteroatoms. The predicted molar refractivity (Wildman–Crippen MR) is 71.9 cm³/mol. The molecule has 1 unspecified atom stereocenters. The van der Waals surface area contributed by atoms with E-state index in [0.29, 0.717) is 0 Å². The van der Waals surface area contributed by atoms with Crippen LogP contribution >= 0.6 is 0 Å². The Hall–Kier alpha value is -0.600. The first-order chi connectivity index (χ1) is 7.88. The van der Waals surface area contributed by atoms with Crippen LogP contribution in [-0.2, 0) is 0 Å². The zero-order chi connectivity index (χ0) is 12.7. The average Bonchev–Trinajstić information content (AvgIpc) is 2.77. The summed E-state index contributed by atoms with van der Waals surface area (Å²) in [4.78, 5) is 0. The Morgan fingerprint density at radius 2 is 2.18 bits per heavy atom. The van der Waals surface area contributed by atoms with Gasteiger partial charge in [0.25, 0.3) is 0 Å².